The van der Waals surface area contributed by atoms with Gasteiger partial charge in [-0.15, -0.1) is 6.42 Å². The number of nitrogens with one attached hydrogen (secondary N) is 3. The van der Waals surface area contributed by atoms with Gasteiger partial charge in [0.2, 0.25) is 11.8 Å². The molecule has 7 saturated heterocycles. The Labute approximate surface area is 462 Å². The van der Waals surface area contributed by atoms with E-state index in [1.807, 2.05) is 23.1 Å². The number of halogens is 2. The first kappa shape index (κ1) is 52.3. The molecule has 3 unspecified atom stereocenters. The minimum absolute atomic E-state index is 0.0177. The maximum Gasteiger partial charge on any atom is 0.409 e. The summed E-state index contributed by atoms with van der Waals surface area (Å²) in [6.45, 7) is 7.60. The fraction of sp³-hybridized carbons (Fsp3) is 0.517. The molecule has 6 aromatic rings. The smallest absolute Gasteiger partial charge is 0.409 e. The largest absolute Gasteiger partial charge is 0.461 e. The Bertz CT molecular complexity index is 3520. The third-order valence-electron chi connectivity index (χ3n) is 18.7. The summed E-state index contributed by atoms with van der Waals surface area (Å²) in [5.41, 5.74) is 2.52. The van der Waals surface area contributed by atoms with Crippen LogP contribution >= 0.6 is 0 Å². The second kappa shape index (κ2) is 21.4. The number of hydrogen-bond donors (Lipinski definition) is 3. The van der Waals surface area contributed by atoms with Gasteiger partial charge in [-0.2, -0.15) is 9.97 Å². The van der Waals surface area contributed by atoms with Crippen molar-refractivity contribution in [3.63, 3.8) is 0 Å². The van der Waals surface area contributed by atoms with Crippen LogP contribution in [0.25, 0.3) is 44.0 Å². The van der Waals surface area contributed by atoms with Crippen molar-refractivity contribution in [1.82, 2.24) is 54.7 Å². The van der Waals surface area contributed by atoms with Gasteiger partial charge in [0.25, 0.3) is 0 Å². The number of pyridine rings is 1. The second-order valence-electron chi connectivity index (χ2n) is 23.5. The molecule has 10 heterocycles. The highest BCUT2D eigenvalue weighted by Crippen LogP contribution is 2.44. The van der Waals surface area contributed by atoms with Crippen LogP contribution in [0.15, 0.2) is 59.5 Å². The highest BCUT2D eigenvalue weighted by molar-refractivity contribution is 6.02. The molecule has 7 aliphatic rings. The number of fused-ring (bicyclic) bond motifs is 6. The number of carbonyl (C=O) groups is 3. The first-order chi connectivity index (χ1) is 38.9. The van der Waals surface area contributed by atoms with Crippen LogP contribution in [0.1, 0.15) is 94.2 Å². The molecule has 18 nitrogen and oxygen atoms in total. The van der Waals surface area contributed by atoms with Gasteiger partial charge in [0.15, 0.2) is 5.82 Å². The van der Waals surface area contributed by atoms with Gasteiger partial charge in [-0.05, 0) is 126 Å². The third kappa shape index (κ3) is 9.62. The molecule has 3 N–H and O–H groups in total. The summed E-state index contributed by atoms with van der Waals surface area (Å²) in [7, 11) is 1.75. The lowest BCUT2D eigenvalue weighted by Gasteiger charge is -2.36. The van der Waals surface area contributed by atoms with E-state index in [2.05, 4.69) is 47.6 Å². The first-order valence-electron chi connectivity index (χ1n) is 28.8. The zero-order valence-corrected chi connectivity index (χ0v) is 45.2. The zero-order valence-electron chi connectivity index (χ0n) is 45.2. The van der Waals surface area contributed by atoms with E-state index in [1.54, 1.807) is 40.6 Å². The van der Waals surface area contributed by atoms with Gasteiger partial charge in [-0.25, -0.2) is 18.4 Å². The van der Waals surface area contributed by atoms with E-state index in [9.17, 15) is 19.2 Å². The summed E-state index contributed by atoms with van der Waals surface area (Å²) in [4.78, 5) is 75.0. The molecular weight excluding hydrogens is 1020 g/mol. The molecule has 418 valence electrons. The molecule has 5 atom stereocenters. The topological polar surface area (TPSA) is 184 Å². The summed E-state index contributed by atoms with van der Waals surface area (Å²) in [6, 6.07) is 14.5. The number of imide groups is 1. The van der Waals surface area contributed by atoms with Gasteiger partial charge in [0.05, 0.1) is 27.5 Å². The van der Waals surface area contributed by atoms with E-state index in [4.69, 9.17) is 25.9 Å². The molecule has 80 heavy (non-hydrogen) atoms. The van der Waals surface area contributed by atoms with Crippen molar-refractivity contribution in [1.29, 1.82) is 0 Å². The van der Waals surface area contributed by atoms with Gasteiger partial charge in [0, 0.05) is 87.5 Å². The number of para-hydroxylation sites is 1. The van der Waals surface area contributed by atoms with Crippen LogP contribution < -0.4 is 31.3 Å². The van der Waals surface area contributed by atoms with Crippen molar-refractivity contribution >= 4 is 56.4 Å². The minimum Gasteiger partial charge on any atom is -0.461 e. The van der Waals surface area contributed by atoms with E-state index in [0.717, 1.165) is 101 Å². The zero-order chi connectivity index (χ0) is 54.8. The lowest BCUT2D eigenvalue weighted by Crippen LogP contribution is -2.51. The van der Waals surface area contributed by atoms with Gasteiger partial charge in [-0.1, -0.05) is 42.3 Å². The van der Waals surface area contributed by atoms with Crippen molar-refractivity contribution in [3.05, 3.63) is 88.0 Å². The predicted molar refractivity (Wildman–Crippen MR) is 298 cm³/mol. The number of ether oxygens (including phenoxy) is 2. The van der Waals surface area contributed by atoms with Gasteiger partial charge in [0.1, 0.15) is 42.1 Å². The molecule has 7 fully saturated rings. The van der Waals surface area contributed by atoms with Crippen LogP contribution in [-0.2, 0) is 27.9 Å². The van der Waals surface area contributed by atoms with E-state index in [-0.39, 0.29) is 58.5 Å². The number of piperazine rings is 1. The molecule has 2 bridgehead atoms. The Morgan fingerprint density at radius 2 is 1.71 bits per heavy atom. The number of anilines is 1. The fourth-order valence-electron chi connectivity index (χ4n) is 14.5. The average Bonchev–Trinajstić information content (AvgIpc) is 4.33. The van der Waals surface area contributed by atoms with E-state index < -0.39 is 23.6 Å². The van der Waals surface area contributed by atoms with Gasteiger partial charge < -0.3 is 29.9 Å². The van der Waals surface area contributed by atoms with Crippen LogP contribution in [0.5, 0.6) is 6.01 Å². The van der Waals surface area contributed by atoms with Crippen molar-refractivity contribution in [2.45, 2.75) is 119 Å². The van der Waals surface area contributed by atoms with Crippen LogP contribution in [0.2, 0.25) is 0 Å². The number of carbonyl (C=O) groups excluding carboxylic acids is 3. The molecule has 7 aliphatic heterocycles. The molecule has 0 spiro atoms. The highest BCUT2D eigenvalue weighted by Gasteiger charge is 2.50. The maximum absolute atomic E-state index is 17.2. The summed E-state index contributed by atoms with van der Waals surface area (Å²) in [6.07, 6.45) is 17.2. The number of terminal acetylenes is 1. The Balaban J connectivity index is 0.606. The van der Waals surface area contributed by atoms with Crippen molar-refractivity contribution in [2.24, 2.45) is 13.0 Å². The molecule has 3 amide bonds. The normalized spacial score (nSPS) is 25.0. The number of imidazole rings is 1. The number of likely N-dealkylation sites (tertiary alicyclic amines) is 2. The van der Waals surface area contributed by atoms with Crippen molar-refractivity contribution in [2.75, 3.05) is 70.5 Å². The fourth-order valence-corrected chi connectivity index (χ4v) is 14.5. The lowest BCUT2D eigenvalue weighted by atomic mass is 9.95. The number of nitrogens with zero attached hydrogens (tertiary/aromatic N) is 9. The number of rotatable bonds is 13. The summed E-state index contributed by atoms with van der Waals surface area (Å²) in [5.74, 6) is 1.55. The van der Waals surface area contributed by atoms with Crippen molar-refractivity contribution in [3.8, 4) is 29.6 Å². The number of benzene rings is 3. The minimum atomic E-state index is -0.713. The number of aryl methyl sites for hydroxylation is 1. The SMILES string of the molecule is C#Cc1c(F)ccc2cccc(-c3ncc4c(N5CC6CCC(C5)N6)nc(OC[C@@]56CCCN5[C@H](COC(=O)N5CCC(CNC7CCN(Cc8cccc9c8n(C)c(=O)n9C8CCC(=O)NC8=O)CC7)CC5)CC6)nc4c3F)c12. The molecular formula is C60H68F2N12O6. The van der Waals surface area contributed by atoms with Crippen molar-refractivity contribution < 1.29 is 32.6 Å². The molecule has 0 aliphatic carbocycles. The molecule has 0 saturated carbocycles. The Kier molecular flexibility index (Phi) is 14.0. The lowest BCUT2D eigenvalue weighted by molar-refractivity contribution is -0.135. The molecule has 13 rings (SSSR count). The molecule has 20 heteroatoms. The number of amides is 3. The van der Waals surface area contributed by atoms with Crippen LogP contribution in [-0.4, -0.2) is 152 Å². The van der Waals surface area contributed by atoms with E-state index >= 15 is 8.78 Å². The Hall–Kier alpha value is -7.05. The second-order valence-corrected chi connectivity index (χ2v) is 23.5. The van der Waals surface area contributed by atoms with Gasteiger partial charge in [-0.3, -0.25) is 38.8 Å². The number of aromatic nitrogens is 5. The molecule has 3 aromatic carbocycles. The van der Waals surface area contributed by atoms with Gasteiger partial charge >= 0.3 is 17.8 Å². The van der Waals surface area contributed by atoms with Crippen LogP contribution in [0.4, 0.5) is 19.4 Å². The molecule has 3 aromatic heterocycles. The Morgan fingerprint density at radius 1 is 0.912 bits per heavy atom. The first-order valence-corrected chi connectivity index (χ1v) is 28.8. The maximum atomic E-state index is 17.2. The van der Waals surface area contributed by atoms with Crippen LogP contribution in [0.3, 0.4) is 0 Å². The summed E-state index contributed by atoms with van der Waals surface area (Å²) in [5, 5.41) is 11.5. The monoisotopic (exact) mass is 1090 g/mol. The predicted octanol–water partition coefficient (Wildman–Crippen LogP) is 6.15. The standard InChI is InChI=1S/C60H68F2N12O6/c1-3-43-46(61)14-11-37-7-4-9-44(50(37)43)52-51(62)53-45(30-64-52)55(72-32-40-12-13-41(33-72)65-40)68-57(67-53)80-35-60-22-6-24-73(60)42(17-23-60)34-79-59(78)71-27-18-36(19-28-71)29-63-39-20-25-70(26-21-39)31-38-8-5-10-47-54(38)69(2)58(77)74(47)48-15-16-49(75)66-56(48)76/h1,4-5,7-11,14,30,36,39-42,48,63,65H,6,12-13,15-29,31-35H2,2H3,(H,66,75,76)/t40?,41?,42-,48?,60-/m0/s1. The summed E-state index contributed by atoms with van der Waals surface area (Å²) < 4.78 is 48.2. The highest BCUT2D eigenvalue weighted by atomic mass is 19.1. The van der Waals surface area contributed by atoms with E-state index in [0.29, 0.717) is 109 Å². The molecule has 0 radical (unpaired) electrons. The Morgan fingerprint density at radius 3 is 2.50 bits per heavy atom. The average molecular weight is 1090 g/mol. The third-order valence-corrected chi connectivity index (χ3v) is 18.7. The van der Waals surface area contributed by atoms with Crippen LogP contribution in [0, 0.1) is 29.9 Å². The number of hydrogen-bond acceptors (Lipinski definition) is 14. The van der Waals surface area contributed by atoms with E-state index in [1.165, 1.54) is 6.07 Å². The summed E-state index contributed by atoms with van der Waals surface area (Å²) >= 11 is 0. The quantitative estimate of drug-likeness (QED) is 0.0884. The number of piperidine rings is 3.